The SMILES string of the molecule is CC(C)(C)[Si]O[Si](CCCOCCOCCOCCOCCOCCOCCOCCOCCOCCOCCOCCOCC=O)(O[Si]C(C)(C)C)C(C)(C)C. The number of carbonyl (C=O) groups excluding carboxylic acids is 1. The highest BCUT2D eigenvalue weighted by Crippen LogP contribution is 2.43. The van der Waals surface area contributed by atoms with Gasteiger partial charge < -0.3 is 69.9 Å². The van der Waals surface area contributed by atoms with Crippen LogP contribution in [0.2, 0.25) is 21.2 Å². The molecule has 0 aromatic carbocycles. The summed E-state index contributed by atoms with van der Waals surface area (Å²) >= 11 is 0. The van der Waals surface area contributed by atoms with Gasteiger partial charge in [-0.2, -0.15) is 0 Å². The maximum Gasteiger partial charge on any atom is 0.322 e. The van der Waals surface area contributed by atoms with E-state index in [0.29, 0.717) is 178 Å². The molecule has 4 radical (unpaired) electrons. The summed E-state index contributed by atoms with van der Waals surface area (Å²) in [6.45, 7) is 31.8. The van der Waals surface area contributed by atoms with Crippen molar-refractivity contribution in [2.45, 2.75) is 89.9 Å². The van der Waals surface area contributed by atoms with E-state index in [0.717, 1.165) is 12.5 Å². The average Bonchev–Trinajstić information content (AvgIpc) is 3.14. The predicted octanol–water partition coefficient (Wildman–Crippen LogP) is 4.73. The van der Waals surface area contributed by atoms with Gasteiger partial charge in [0.15, 0.2) is 0 Å². The molecular weight excluding hydrogens is 793 g/mol. The van der Waals surface area contributed by atoms with Crippen LogP contribution in [0.1, 0.15) is 68.7 Å². The van der Waals surface area contributed by atoms with Crippen molar-refractivity contribution in [3.05, 3.63) is 0 Å². The molecule has 0 amide bonds. The van der Waals surface area contributed by atoms with E-state index in [4.69, 9.17) is 65.1 Å². The Morgan fingerprint density at radius 2 is 0.596 bits per heavy atom. The molecule has 0 bridgehead atoms. The summed E-state index contributed by atoms with van der Waals surface area (Å²) < 4.78 is 79.3. The Balaban J connectivity index is 3.50. The van der Waals surface area contributed by atoms with Crippen LogP contribution in [0.5, 0.6) is 0 Å². The minimum Gasteiger partial charge on any atom is -0.435 e. The molecule has 0 rings (SSSR count). The van der Waals surface area contributed by atoms with Crippen LogP contribution in [0.25, 0.3) is 0 Å². The Kier molecular flexibility index (Phi) is 37.4. The molecule has 0 saturated carbocycles. The number of rotatable bonds is 43. The third kappa shape index (κ3) is 39.6. The molecule has 0 fully saturated rings. The smallest absolute Gasteiger partial charge is 0.322 e. The standard InChI is InChI=1S/C39H80O15Si3/c1-37(2,3)55-53-57(39(7,8)9,54-56-38(4,5)6)36-10-12-41-14-16-43-18-20-45-22-24-47-26-28-49-30-32-51-34-35-52-33-31-50-29-27-48-25-23-46-21-19-44-17-15-42-13-11-40/h11H,10,12-36H2,1-9H3. The first-order valence-corrected chi connectivity index (χ1v) is 24.3. The third-order valence-corrected chi connectivity index (χ3v) is 15.2. The zero-order valence-corrected chi connectivity index (χ0v) is 40.1. The summed E-state index contributed by atoms with van der Waals surface area (Å²) in [5, 5.41) is 0.177. The van der Waals surface area contributed by atoms with E-state index in [-0.39, 0.29) is 21.7 Å². The Morgan fingerprint density at radius 3 is 0.807 bits per heavy atom. The van der Waals surface area contributed by atoms with Crippen LogP contribution in [0.4, 0.5) is 0 Å². The van der Waals surface area contributed by atoms with E-state index in [1.807, 2.05) is 0 Å². The van der Waals surface area contributed by atoms with Gasteiger partial charge in [0, 0.05) is 11.6 Å². The maximum atomic E-state index is 10.1. The van der Waals surface area contributed by atoms with Crippen molar-refractivity contribution < 1.29 is 69.9 Å². The molecule has 0 heterocycles. The Hall–Kier alpha value is -0.239. The van der Waals surface area contributed by atoms with Crippen LogP contribution in [0.3, 0.4) is 0 Å². The molecule has 0 atom stereocenters. The van der Waals surface area contributed by atoms with E-state index >= 15 is 0 Å². The summed E-state index contributed by atoms with van der Waals surface area (Å²) in [6.07, 6.45) is 1.62. The monoisotopic (exact) mass is 872 g/mol. The fourth-order valence-corrected chi connectivity index (χ4v) is 13.2. The quantitative estimate of drug-likeness (QED) is 0.0473. The zero-order valence-electron chi connectivity index (χ0n) is 37.1. The molecular formula is C39H80O15Si3. The maximum absolute atomic E-state index is 10.1. The van der Waals surface area contributed by atoms with E-state index in [2.05, 4.69) is 62.3 Å². The van der Waals surface area contributed by atoms with Crippen molar-refractivity contribution in [1.29, 1.82) is 0 Å². The van der Waals surface area contributed by atoms with E-state index in [1.165, 1.54) is 0 Å². The van der Waals surface area contributed by atoms with Gasteiger partial charge in [-0.1, -0.05) is 62.3 Å². The van der Waals surface area contributed by atoms with Crippen LogP contribution in [-0.2, 0) is 69.9 Å². The normalized spacial score (nSPS) is 12.9. The van der Waals surface area contributed by atoms with Crippen LogP contribution < -0.4 is 0 Å². The summed E-state index contributed by atoms with van der Waals surface area (Å²) in [4.78, 5) is 10.1. The van der Waals surface area contributed by atoms with Crippen LogP contribution in [0, 0.1) is 0 Å². The van der Waals surface area contributed by atoms with Gasteiger partial charge >= 0.3 is 8.56 Å². The third-order valence-electron chi connectivity index (χ3n) is 7.26. The summed E-state index contributed by atoms with van der Waals surface area (Å²) in [5.74, 6) is 0. The van der Waals surface area contributed by atoms with Crippen molar-refractivity contribution >= 4 is 34.4 Å². The van der Waals surface area contributed by atoms with E-state index in [1.54, 1.807) is 0 Å². The predicted molar refractivity (Wildman–Crippen MR) is 224 cm³/mol. The molecule has 0 aromatic heterocycles. The van der Waals surface area contributed by atoms with Crippen LogP contribution in [-0.4, -0.2) is 193 Å². The number of hydrogen-bond acceptors (Lipinski definition) is 15. The van der Waals surface area contributed by atoms with E-state index in [9.17, 15) is 4.79 Å². The van der Waals surface area contributed by atoms with Gasteiger partial charge in [-0.25, -0.2) is 0 Å². The first-order valence-electron chi connectivity index (χ1n) is 20.5. The Morgan fingerprint density at radius 1 is 0.368 bits per heavy atom. The first-order chi connectivity index (χ1) is 27.2. The molecule has 57 heavy (non-hydrogen) atoms. The van der Waals surface area contributed by atoms with Gasteiger partial charge in [0.1, 0.15) is 12.9 Å². The second-order valence-corrected chi connectivity index (χ2v) is 24.5. The van der Waals surface area contributed by atoms with E-state index < -0.39 is 8.56 Å². The fourth-order valence-electron chi connectivity index (χ4n) is 4.23. The minimum absolute atomic E-state index is 0.0391. The molecule has 0 spiro atoms. The highest BCUT2D eigenvalue weighted by atomic mass is 28.4. The van der Waals surface area contributed by atoms with Gasteiger partial charge in [-0.3, -0.25) is 0 Å². The summed E-state index contributed by atoms with van der Waals surface area (Å²) in [6, 6.07) is 0.912. The van der Waals surface area contributed by atoms with Crippen molar-refractivity contribution in [3.8, 4) is 0 Å². The second-order valence-electron chi connectivity index (χ2n) is 16.0. The molecule has 0 aromatic rings. The molecule has 0 aliphatic heterocycles. The van der Waals surface area contributed by atoms with Gasteiger partial charge in [-0.15, -0.1) is 0 Å². The van der Waals surface area contributed by atoms with Crippen molar-refractivity contribution in [3.63, 3.8) is 0 Å². The lowest BCUT2D eigenvalue weighted by Crippen LogP contribution is -2.53. The van der Waals surface area contributed by atoms with Crippen molar-refractivity contribution in [2.24, 2.45) is 0 Å². The topological polar surface area (TPSA) is 146 Å². The highest BCUT2D eigenvalue weighted by Gasteiger charge is 2.49. The molecule has 0 N–H and O–H groups in total. The van der Waals surface area contributed by atoms with Gasteiger partial charge in [-0.05, 0) is 22.5 Å². The van der Waals surface area contributed by atoms with Crippen LogP contribution >= 0.6 is 0 Å². The fraction of sp³-hybridized carbons (Fsp3) is 0.974. The lowest BCUT2D eigenvalue weighted by atomic mass is 10.2. The second kappa shape index (κ2) is 37.5. The molecule has 0 aliphatic carbocycles. The number of aldehydes is 1. The molecule has 18 heteroatoms. The molecule has 0 aliphatic rings. The molecule has 338 valence electrons. The van der Waals surface area contributed by atoms with Gasteiger partial charge in [0.05, 0.1) is 145 Å². The Bertz CT molecular complexity index is 855. The zero-order chi connectivity index (χ0) is 42.4. The lowest BCUT2D eigenvalue weighted by molar-refractivity contribution is -0.112. The largest absolute Gasteiger partial charge is 0.435 e. The molecule has 15 nitrogen and oxygen atoms in total. The number of carbonyl (C=O) groups is 1. The first kappa shape index (κ1) is 56.8. The van der Waals surface area contributed by atoms with Crippen molar-refractivity contribution in [1.82, 2.24) is 0 Å². The average molecular weight is 873 g/mol. The lowest BCUT2D eigenvalue weighted by Gasteiger charge is -2.44. The molecule has 0 saturated heterocycles. The van der Waals surface area contributed by atoms with Crippen LogP contribution in [0.15, 0.2) is 0 Å². The highest BCUT2D eigenvalue weighted by molar-refractivity contribution is 6.78. The number of hydrogen-bond donors (Lipinski definition) is 0. The minimum atomic E-state index is -2.49. The molecule has 0 unspecified atom stereocenters. The Labute approximate surface area is 351 Å². The van der Waals surface area contributed by atoms with Gasteiger partial charge in [0.2, 0.25) is 19.5 Å². The summed E-state index contributed by atoms with van der Waals surface area (Å²) in [5.41, 5.74) is 0. The number of ether oxygens (including phenoxy) is 12. The van der Waals surface area contributed by atoms with Crippen molar-refractivity contribution in [2.75, 3.05) is 159 Å². The van der Waals surface area contributed by atoms with Gasteiger partial charge in [0.25, 0.3) is 0 Å². The summed E-state index contributed by atoms with van der Waals surface area (Å²) in [7, 11) is -1.68.